The molecule has 0 atom stereocenters. The maximum atomic E-state index is 12.9. The van der Waals surface area contributed by atoms with Crippen LogP contribution in [0.2, 0.25) is 0 Å². The van der Waals surface area contributed by atoms with Gasteiger partial charge in [-0.15, -0.1) is 0 Å². The summed E-state index contributed by atoms with van der Waals surface area (Å²) in [7, 11) is 1.30. The van der Waals surface area contributed by atoms with Gasteiger partial charge in [0.25, 0.3) is 0 Å². The number of hydrogen-bond acceptors (Lipinski definition) is 5. The third-order valence-corrected chi connectivity index (χ3v) is 6.20. The zero-order valence-electron chi connectivity index (χ0n) is 22.3. The third-order valence-electron chi connectivity index (χ3n) is 6.20. The predicted octanol–water partition coefficient (Wildman–Crippen LogP) is 8.08. The number of para-hydroxylation sites is 3. The number of urea groups is 1. The Morgan fingerprint density at radius 3 is 1.85 bits per heavy atom. The summed E-state index contributed by atoms with van der Waals surface area (Å²) in [6.45, 7) is 0. The summed E-state index contributed by atoms with van der Waals surface area (Å²) < 4.78 is 17.4. The number of rotatable bonds is 9. The van der Waals surface area contributed by atoms with Crippen molar-refractivity contribution < 1.29 is 23.8 Å². The smallest absolute Gasteiger partial charge is 0.341 e. The number of anilines is 2. The molecule has 7 nitrogen and oxygen atoms in total. The van der Waals surface area contributed by atoms with Gasteiger partial charge in [0.05, 0.1) is 12.8 Å². The number of nitrogens with one attached hydrogen (secondary N) is 2. The van der Waals surface area contributed by atoms with Gasteiger partial charge in [0.1, 0.15) is 23.2 Å². The normalized spacial score (nSPS) is 10.5. The number of amides is 2. The topological polar surface area (TPSA) is 85.9 Å². The molecule has 5 rings (SSSR count). The Hall–Kier alpha value is -5.56. The zero-order valence-corrected chi connectivity index (χ0v) is 22.3. The van der Waals surface area contributed by atoms with Gasteiger partial charge in [0, 0.05) is 5.69 Å². The van der Waals surface area contributed by atoms with Crippen molar-refractivity contribution >= 4 is 23.4 Å². The van der Waals surface area contributed by atoms with E-state index in [2.05, 4.69) is 10.6 Å². The van der Waals surface area contributed by atoms with E-state index in [-0.39, 0.29) is 5.56 Å². The van der Waals surface area contributed by atoms with Crippen LogP contribution in [0.3, 0.4) is 0 Å². The van der Waals surface area contributed by atoms with Gasteiger partial charge in [-0.2, -0.15) is 0 Å². The fourth-order valence-corrected chi connectivity index (χ4v) is 4.25. The van der Waals surface area contributed by atoms with Crippen LogP contribution in [0.4, 0.5) is 16.2 Å². The van der Waals surface area contributed by atoms with Gasteiger partial charge in [-0.05, 0) is 53.6 Å². The lowest BCUT2D eigenvalue weighted by molar-refractivity contribution is 0.0594. The maximum Gasteiger partial charge on any atom is 0.341 e. The largest absolute Gasteiger partial charge is 0.480 e. The van der Waals surface area contributed by atoms with Crippen LogP contribution in [0.1, 0.15) is 27.6 Å². The van der Waals surface area contributed by atoms with E-state index in [1.807, 2.05) is 97.1 Å². The average Bonchev–Trinajstić information content (AvgIpc) is 3.02. The van der Waals surface area contributed by atoms with Crippen LogP contribution in [0.5, 0.6) is 17.2 Å². The van der Waals surface area contributed by atoms with Crippen LogP contribution in [-0.4, -0.2) is 19.1 Å². The van der Waals surface area contributed by atoms with E-state index in [9.17, 15) is 9.59 Å². The molecule has 41 heavy (non-hydrogen) atoms. The minimum Gasteiger partial charge on any atom is -0.480 e. The first-order valence-corrected chi connectivity index (χ1v) is 13.0. The molecule has 204 valence electrons. The summed E-state index contributed by atoms with van der Waals surface area (Å²) in [5.41, 5.74) is 2.89. The third kappa shape index (κ3) is 6.91. The van der Waals surface area contributed by atoms with Crippen LogP contribution in [-0.2, 0) is 4.74 Å². The minimum atomic E-state index is -0.592. The Morgan fingerprint density at radius 1 is 0.634 bits per heavy atom. The molecule has 0 unspecified atom stereocenters. The quantitative estimate of drug-likeness (QED) is 0.183. The molecule has 0 heterocycles. The molecular formula is C34H28N2O5. The highest BCUT2D eigenvalue weighted by Crippen LogP contribution is 2.33. The van der Waals surface area contributed by atoms with Gasteiger partial charge >= 0.3 is 12.0 Å². The highest BCUT2D eigenvalue weighted by Gasteiger charge is 2.21. The summed E-state index contributed by atoms with van der Waals surface area (Å²) in [5, 5.41) is 5.59. The zero-order chi connectivity index (χ0) is 28.4. The lowest BCUT2D eigenvalue weighted by atomic mass is 10.0. The molecular weight excluding hydrogens is 516 g/mol. The van der Waals surface area contributed by atoms with Crippen molar-refractivity contribution in [1.29, 1.82) is 0 Å². The Balaban J connectivity index is 1.37. The summed E-state index contributed by atoms with van der Waals surface area (Å²) in [6, 6.07) is 40.2. The fraction of sp³-hybridized carbons (Fsp3) is 0.0588. The molecule has 5 aromatic rings. The van der Waals surface area contributed by atoms with Crippen molar-refractivity contribution in [1.82, 2.24) is 0 Å². The average molecular weight is 545 g/mol. The van der Waals surface area contributed by atoms with E-state index < -0.39 is 18.1 Å². The van der Waals surface area contributed by atoms with Crippen molar-refractivity contribution in [2.24, 2.45) is 0 Å². The second-order valence-electron chi connectivity index (χ2n) is 9.01. The van der Waals surface area contributed by atoms with Gasteiger partial charge in [-0.3, -0.25) is 0 Å². The van der Waals surface area contributed by atoms with Crippen LogP contribution in [0.15, 0.2) is 133 Å². The van der Waals surface area contributed by atoms with Gasteiger partial charge in [-0.1, -0.05) is 91.0 Å². The molecule has 0 saturated carbocycles. The number of esters is 1. The molecule has 0 aromatic heterocycles. The maximum absolute atomic E-state index is 12.9. The highest BCUT2D eigenvalue weighted by atomic mass is 16.5. The molecule has 0 aliphatic rings. The van der Waals surface area contributed by atoms with E-state index in [1.165, 1.54) is 13.2 Å². The molecule has 2 N–H and O–H groups in total. The van der Waals surface area contributed by atoms with Gasteiger partial charge in [0.15, 0.2) is 5.75 Å². The Morgan fingerprint density at radius 2 is 1.22 bits per heavy atom. The first-order chi connectivity index (χ1) is 20.1. The van der Waals surface area contributed by atoms with Crippen molar-refractivity contribution in [2.45, 2.75) is 6.10 Å². The van der Waals surface area contributed by atoms with E-state index in [1.54, 1.807) is 30.3 Å². The molecule has 0 aliphatic carbocycles. The summed E-state index contributed by atoms with van der Waals surface area (Å²) >= 11 is 0. The first-order valence-electron chi connectivity index (χ1n) is 13.0. The number of ether oxygens (including phenoxy) is 3. The molecule has 5 aromatic carbocycles. The molecule has 0 fully saturated rings. The monoisotopic (exact) mass is 544 g/mol. The lowest BCUT2D eigenvalue weighted by Crippen LogP contribution is -2.20. The standard InChI is InChI=1S/C34H28N2O5/c1-39-33(37)28-23-26(35-34(38)36-29-19-11-12-20-31(29)40-27-17-9-4-10-18-27)21-22-30(28)41-32(24-13-5-2-6-14-24)25-15-7-3-8-16-25/h2-23,32H,1H3,(H2,35,36,38). The summed E-state index contributed by atoms with van der Waals surface area (Å²) in [4.78, 5) is 25.7. The summed E-state index contributed by atoms with van der Waals surface area (Å²) in [6.07, 6.45) is -0.468. The van der Waals surface area contributed by atoms with Crippen molar-refractivity contribution in [3.8, 4) is 17.2 Å². The molecule has 0 radical (unpaired) electrons. The van der Waals surface area contributed by atoms with Crippen LogP contribution >= 0.6 is 0 Å². The molecule has 0 bridgehead atoms. The second-order valence-corrected chi connectivity index (χ2v) is 9.01. The van der Waals surface area contributed by atoms with Crippen molar-refractivity contribution in [2.75, 3.05) is 17.7 Å². The number of methoxy groups -OCH3 is 1. The van der Waals surface area contributed by atoms with Crippen LogP contribution in [0, 0.1) is 0 Å². The Kier molecular flexibility index (Phi) is 8.56. The molecule has 7 heteroatoms. The number of hydrogen-bond donors (Lipinski definition) is 2. The molecule has 2 amide bonds. The molecule has 0 saturated heterocycles. The van der Waals surface area contributed by atoms with E-state index in [4.69, 9.17) is 14.2 Å². The van der Waals surface area contributed by atoms with E-state index in [0.717, 1.165) is 11.1 Å². The van der Waals surface area contributed by atoms with Gasteiger partial charge in [0.2, 0.25) is 0 Å². The van der Waals surface area contributed by atoms with Crippen LogP contribution < -0.4 is 20.1 Å². The summed E-state index contributed by atoms with van der Waals surface area (Å²) in [5.74, 6) is 0.859. The molecule has 0 spiro atoms. The number of carbonyl (C=O) groups is 2. The number of carbonyl (C=O) groups excluding carboxylic acids is 2. The predicted molar refractivity (Wildman–Crippen MR) is 159 cm³/mol. The minimum absolute atomic E-state index is 0.176. The highest BCUT2D eigenvalue weighted by molar-refractivity contribution is 6.02. The molecule has 0 aliphatic heterocycles. The van der Waals surface area contributed by atoms with Crippen molar-refractivity contribution in [3.63, 3.8) is 0 Å². The Bertz CT molecular complexity index is 1570. The van der Waals surface area contributed by atoms with E-state index in [0.29, 0.717) is 28.6 Å². The fourth-order valence-electron chi connectivity index (χ4n) is 4.25. The number of benzene rings is 5. The van der Waals surface area contributed by atoms with Crippen molar-refractivity contribution in [3.05, 3.63) is 150 Å². The first kappa shape index (κ1) is 27.0. The second kappa shape index (κ2) is 13.0. The Labute approximate surface area is 238 Å². The van der Waals surface area contributed by atoms with Gasteiger partial charge < -0.3 is 24.8 Å². The lowest BCUT2D eigenvalue weighted by Gasteiger charge is -2.22. The van der Waals surface area contributed by atoms with Gasteiger partial charge in [-0.25, -0.2) is 9.59 Å². The van der Waals surface area contributed by atoms with Crippen LogP contribution in [0.25, 0.3) is 0 Å². The SMILES string of the molecule is COC(=O)c1cc(NC(=O)Nc2ccccc2Oc2ccccc2)ccc1OC(c1ccccc1)c1ccccc1. The van der Waals surface area contributed by atoms with E-state index >= 15 is 0 Å².